The van der Waals surface area contributed by atoms with Crippen molar-refractivity contribution in [2.45, 2.75) is 0 Å². The Labute approximate surface area is 173 Å². The molecule has 0 saturated heterocycles. The third-order valence-corrected chi connectivity index (χ3v) is 3.97. The molecule has 0 radical (unpaired) electrons. The first-order valence-corrected chi connectivity index (χ1v) is 9.03. The lowest BCUT2D eigenvalue weighted by atomic mass is 10.1. The highest BCUT2D eigenvalue weighted by atomic mass is 32.1. The molecule has 0 saturated carbocycles. The predicted octanol–water partition coefficient (Wildman–Crippen LogP) is 1.98. The summed E-state index contributed by atoms with van der Waals surface area (Å²) in [6.07, 6.45) is 0. The van der Waals surface area contributed by atoms with E-state index in [2.05, 4.69) is 20.7 Å². The van der Waals surface area contributed by atoms with Gasteiger partial charge < -0.3 is 20.1 Å². The number of ether oxygens (including phenoxy) is 2. The fraction of sp³-hybridized carbons (Fsp3) is 0.200. The average Bonchev–Trinajstić information content (AvgIpc) is 2.73. The van der Waals surface area contributed by atoms with Crippen molar-refractivity contribution >= 4 is 40.8 Å². The van der Waals surface area contributed by atoms with E-state index in [0.29, 0.717) is 35.5 Å². The Balaban J connectivity index is 1.94. The molecular formula is C20H21N3O5S. The van der Waals surface area contributed by atoms with Gasteiger partial charge in [0.1, 0.15) is 0 Å². The Bertz CT molecular complexity index is 899. The van der Waals surface area contributed by atoms with Gasteiger partial charge >= 0.3 is 5.97 Å². The van der Waals surface area contributed by atoms with Crippen LogP contribution in [-0.4, -0.2) is 50.3 Å². The minimum atomic E-state index is -0.486. The highest BCUT2D eigenvalue weighted by molar-refractivity contribution is 7.80. The largest absolute Gasteiger partial charge is 0.465 e. The molecule has 152 valence electrons. The first-order valence-electron chi connectivity index (χ1n) is 8.62. The van der Waals surface area contributed by atoms with Crippen LogP contribution < -0.4 is 16.0 Å². The Morgan fingerprint density at radius 1 is 0.931 bits per heavy atom. The van der Waals surface area contributed by atoms with E-state index in [1.165, 1.54) is 31.4 Å². The maximum Gasteiger partial charge on any atom is 0.337 e. The second-order valence-corrected chi connectivity index (χ2v) is 6.21. The number of carbonyl (C=O) groups is 3. The van der Waals surface area contributed by atoms with Crippen LogP contribution in [0.3, 0.4) is 0 Å². The lowest BCUT2D eigenvalue weighted by Gasteiger charge is -2.11. The van der Waals surface area contributed by atoms with Crippen molar-refractivity contribution in [3.8, 4) is 0 Å². The number of thiocarbonyl (C=S) groups is 1. The van der Waals surface area contributed by atoms with Gasteiger partial charge in [0.05, 0.1) is 19.3 Å². The third kappa shape index (κ3) is 6.66. The van der Waals surface area contributed by atoms with Crippen LogP contribution in [0, 0.1) is 0 Å². The monoisotopic (exact) mass is 415 g/mol. The van der Waals surface area contributed by atoms with Crippen molar-refractivity contribution in [2.24, 2.45) is 0 Å². The van der Waals surface area contributed by atoms with Gasteiger partial charge in [0.15, 0.2) is 5.11 Å². The predicted molar refractivity (Wildman–Crippen MR) is 112 cm³/mol. The number of benzene rings is 2. The Hall–Kier alpha value is -3.30. The van der Waals surface area contributed by atoms with Gasteiger partial charge in [0, 0.05) is 30.5 Å². The van der Waals surface area contributed by atoms with Crippen molar-refractivity contribution in [2.75, 3.05) is 32.7 Å². The maximum atomic E-state index is 12.3. The van der Waals surface area contributed by atoms with Gasteiger partial charge in [-0.05, 0) is 54.7 Å². The van der Waals surface area contributed by atoms with Gasteiger partial charge in [-0.25, -0.2) is 4.79 Å². The first-order chi connectivity index (χ1) is 13.9. The molecule has 0 aliphatic rings. The van der Waals surface area contributed by atoms with E-state index in [1.807, 2.05) is 0 Å². The Kier molecular flexibility index (Phi) is 8.26. The summed E-state index contributed by atoms with van der Waals surface area (Å²) < 4.78 is 9.51. The molecule has 2 aromatic rings. The molecule has 8 nitrogen and oxygen atoms in total. The number of amides is 2. The van der Waals surface area contributed by atoms with Crippen molar-refractivity contribution in [1.29, 1.82) is 0 Å². The van der Waals surface area contributed by atoms with E-state index >= 15 is 0 Å². The van der Waals surface area contributed by atoms with Crippen LogP contribution in [0.25, 0.3) is 0 Å². The van der Waals surface area contributed by atoms with Crippen LogP contribution in [0.4, 0.5) is 5.69 Å². The summed E-state index contributed by atoms with van der Waals surface area (Å²) in [5.74, 6) is -1.17. The number of hydrogen-bond acceptors (Lipinski definition) is 6. The Morgan fingerprint density at radius 2 is 1.62 bits per heavy atom. The summed E-state index contributed by atoms with van der Waals surface area (Å²) in [4.78, 5) is 35.8. The topological polar surface area (TPSA) is 106 Å². The summed E-state index contributed by atoms with van der Waals surface area (Å²) in [6, 6.07) is 12.7. The molecular weight excluding hydrogens is 394 g/mol. The zero-order valence-corrected chi connectivity index (χ0v) is 16.8. The van der Waals surface area contributed by atoms with Crippen molar-refractivity contribution in [1.82, 2.24) is 10.6 Å². The van der Waals surface area contributed by atoms with Crippen molar-refractivity contribution in [3.63, 3.8) is 0 Å². The number of methoxy groups -OCH3 is 2. The normalized spacial score (nSPS) is 10.0. The van der Waals surface area contributed by atoms with Crippen LogP contribution >= 0.6 is 12.2 Å². The summed E-state index contributed by atoms with van der Waals surface area (Å²) in [7, 11) is 2.84. The van der Waals surface area contributed by atoms with E-state index in [-0.39, 0.29) is 11.0 Å². The van der Waals surface area contributed by atoms with E-state index in [4.69, 9.17) is 17.0 Å². The molecule has 29 heavy (non-hydrogen) atoms. The van der Waals surface area contributed by atoms with E-state index in [1.54, 1.807) is 31.4 Å². The van der Waals surface area contributed by atoms with Gasteiger partial charge in [0.25, 0.3) is 11.8 Å². The van der Waals surface area contributed by atoms with Gasteiger partial charge in [0.2, 0.25) is 0 Å². The van der Waals surface area contributed by atoms with Gasteiger partial charge in [-0.2, -0.15) is 0 Å². The van der Waals surface area contributed by atoms with Crippen molar-refractivity contribution in [3.05, 3.63) is 65.2 Å². The highest BCUT2D eigenvalue weighted by Gasteiger charge is 2.11. The SMILES string of the molecule is COCCNC(=O)c1cccc(NC(=S)NC(=O)c2ccc(C(=O)OC)cc2)c1. The molecule has 3 N–H and O–H groups in total. The summed E-state index contributed by atoms with van der Waals surface area (Å²) in [5.41, 5.74) is 1.66. The van der Waals surface area contributed by atoms with Gasteiger partial charge in [-0.3, -0.25) is 14.9 Å². The van der Waals surface area contributed by atoms with Crippen LogP contribution in [0.5, 0.6) is 0 Å². The van der Waals surface area contributed by atoms with E-state index in [0.717, 1.165) is 0 Å². The molecule has 0 unspecified atom stereocenters. The second kappa shape index (κ2) is 10.9. The smallest absolute Gasteiger partial charge is 0.337 e. The summed E-state index contributed by atoms with van der Waals surface area (Å²) in [6.45, 7) is 0.816. The maximum absolute atomic E-state index is 12.3. The molecule has 0 aliphatic carbocycles. The number of nitrogens with one attached hydrogen (secondary N) is 3. The highest BCUT2D eigenvalue weighted by Crippen LogP contribution is 2.11. The summed E-state index contributed by atoms with van der Waals surface area (Å²) in [5, 5.41) is 8.21. The van der Waals surface area contributed by atoms with E-state index in [9.17, 15) is 14.4 Å². The van der Waals surface area contributed by atoms with E-state index < -0.39 is 11.9 Å². The van der Waals surface area contributed by atoms with Crippen LogP contribution in [0.1, 0.15) is 31.1 Å². The van der Waals surface area contributed by atoms with Crippen LogP contribution in [0.2, 0.25) is 0 Å². The summed E-state index contributed by atoms with van der Waals surface area (Å²) >= 11 is 5.16. The molecule has 0 bridgehead atoms. The van der Waals surface area contributed by atoms with Crippen LogP contribution in [0.15, 0.2) is 48.5 Å². The molecule has 9 heteroatoms. The quantitative estimate of drug-likeness (QED) is 0.361. The third-order valence-electron chi connectivity index (χ3n) is 3.77. The molecule has 0 aromatic heterocycles. The molecule has 0 aliphatic heterocycles. The fourth-order valence-corrected chi connectivity index (χ4v) is 2.53. The second-order valence-electron chi connectivity index (χ2n) is 5.81. The number of anilines is 1. The molecule has 2 aromatic carbocycles. The lowest BCUT2D eigenvalue weighted by molar-refractivity contribution is 0.0600. The number of esters is 1. The first kappa shape index (κ1) is 22.0. The molecule has 2 amide bonds. The molecule has 0 heterocycles. The van der Waals surface area contributed by atoms with Gasteiger partial charge in [-0.15, -0.1) is 0 Å². The lowest BCUT2D eigenvalue weighted by Crippen LogP contribution is -2.34. The minimum absolute atomic E-state index is 0.0731. The average molecular weight is 415 g/mol. The molecule has 0 spiro atoms. The zero-order chi connectivity index (χ0) is 21.2. The van der Waals surface area contributed by atoms with Crippen LogP contribution in [-0.2, 0) is 9.47 Å². The minimum Gasteiger partial charge on any atom is -0.465 e. The number of carbonyl (C=O) groups excluding carboxylic acids is 3. The molecule has 0 atom stereocenters. The molecule has 0 fully saturated rings. The number of hydrogen-bond donors (Lipinski definition) is 3. The molecule has 2 rings (SSSR count). The van der Waals surface area contributed by atoms with Crippen molar-refractivity contribution < 1.29 is 23.9 Å². The standard InChI is InChI=1S/C20H21N3O5S/c1-27-11-10-21-17(24)15-4-3-5-16(12-15)22-20(29)23-18(25)13-6-8-14(9-7-13)19(26)28-2/h3-9,12H,10-11H2,1-2H3,(H,21,24)(H2,22,23,25,29). The Morgan fingerprint density at radius 3 is 2.28 bits per heavy atom. The number of rotatable bonds is 7. The fourth-order valence-electron chi connectivity index (χ4n) is 2.32. The zero-order valence-electron chi connectivity index (χ0n) is 16.0. The van der Waals surface area contributed by atoms with Gasteiger partial charge in [-0.1, -0.05) is 6.07 Å².